The Balaban J connectivity index is 2.00. The number of hydrogen-bond acceptors (Lipinski definition) is 2. The van der Waals surface area contributed by atoms with Crippen LogP contribution in [-0.2, 0) is 6.54 Å². The molecule has 0 unspecified atom stereocenters. The molecule has 0 radical (unpaired) electrons. The van der Waals surface area contributed by atoms with Crippen LogP contribution in [0.1, 0.15) is 26.3 Å². The molecule has 0 aliphatic carbocycles. The minimum Gasteiger partial charge on any atom is -0.348 e. The van der Waals surface area contributed by atoms with Crippen molar-refractivity contribution < 1.29 is 14.0 Å². The van der Waals surface area contributed by atoms with Crippen LogP contribution in [0.4, 0.5) is 4.39 Å². The van der Waals surface area contributed by atoms with Crippen LogP contribution in [-0.4, -0.2) is 30.8 Å². The third kappa shape index (κ3) is 4.63. The van der Waals surface area contributed by atoms with Crippen LogP contribution in [0.15, 0.2) is 46.9 Å². The van der Waals surface area contributed by atoms with Crippen molar-refractivity contribution in [1.82, 2.24) is 10.2 Å². The highest BCUT2D eigenvalue weighted by Crippen LogP contribution is 2.15. The van der Waals surface area contributed by atoms with Gasteiger partial charge >= 0.3 is 0 Å². The summed E-state index contributed by atoms with van der Waals surface area (Å²) in [7, 11) is 3.38. The number of amides is 2. The van der Waals surface area contributed by atoms with E-state index in [-0.39, 0.29) is 17.4 Å². The van der Waals surface area contributed by atoms with Gasteiger partial charge in [-0.25, -0.2) is 4.39 Å². The highest BCUT2D eigenvalue weighted by molar-refractivity contribution is 9.10. The van der Waals surface area contributed by atoms with Gasteiger partial charge in [-0.2, -0.15) is 0 Å². The second-order valence-electron chi connectivity index (χ2n) is 5.24. The van der Waals surface area contributed by atoms with Gasteiger partial charge in [0.1, 0.15) is 5.82 Å². The van der Waals surface area contributed by atoms with E-state index >= 15 is 0 Å². The molecular formula is C17H16BrFN2O2. The van der Waals surface area contributed by atoms with E-state index in [2.05, 4.69) is 21.2 Å². The first kappa shape index (κ1) is 17.1. The molecule has 0 spiro atoms. The van der Waals surface area contributed by atoms with Crippen molar-refractivity contribution in [2.24, 2.45) is 0 Å². The standard InChI is InChI=1S/C17H16BrFN2O2/c1-21(2)17(23)12-5-3-11(4-6-12)10-20-16(22)13-7-14(18)9-15(19)8-13/h3-9H,10H2,1-2H3,(H,20,22). The van der Waals surface area contributed by atoms with Gasteiger partial charge in [0.05, 0.1) is 0 Å². The zero-order chi connectivity index (χ0) is 17.0. The van der Waals surface area contributed by atoms with Gasteiger partial charge in [0.2, 0.25) is 0 Å². The van der Waals surface area contributed by atoms with Crippen molar-refractivity contribution in [2.75, 3.05) is 14.1 Å². The third-order valence-electron chi connectivity index (χ3n) is 3.18. The lowest BCUT2D eigenvalue weighted by molar-refractivity contribution is 0.0827. The van der Waals surface area contributed by atoms with Crippen LogP contribution in [0.5, 0.6) is 0 Å². The van der Waals surface area contributed by atoms with E-state index < -0.39 is 5.82 Å². The lowest BCUT2D eigenvalue weighted by atomic mass is 10.1. The molecule has 0 aromatic heterocycles. The molecule has 0 aliphatic heterocycles. The van der Waals surface area contributed by atoms with Crippen LogP contribution in [0, 0.1) is 5.82 Å². The maximum absolute atomic E-state index is 13.3. The molecule has 0 saturated carbocycles. The van der Waals surface area contributed by atoms with Crippen LogP contribution < -0.4 is 5.32 Å². The van der Waals surface area contributed by atoms with Gasteiger partial charge in [-0.05, 0) is 35.9 Å². The first-order chi connectivity index (χ1) is 10.9. The van der Waals surface area contributed by atoms with E-state index in [1.807, 2.05) is 0 Å². The Kier molecular flexibility index (Phi) is 5.50. The number of nitrogens with one attached hydrogen (secondary N) is 1. The molecule has 2 rings (SSSR count). The number of nitrogens with zero attached hydrogens (tertiary/aromatic N) is 1. The Morgan fingerprint density at radius 2 is 1.74 bits per heavy atom. The fraction of sp³-hybridized carbons (Fsp3) is 0.176. The molecule has 120 valence electrons. The molecule has 6 heteroatoms. The molecular weight excluding hydrogens is 363 g/mol. The average molecular weight is 379 g/mol. The van der Waals surface area contributed by atoms with Gasteiger partial charge in [0, 0.05) is 36.2 Å². The third-order valence-corrected chi connectivity index (χ3v) is 3.64. The average Bonchev–Trinajstić information content (AvgIpc) is 2.51. The first-order valence-electron chi connectivity index (χ1n) is 6.91. The predicted molar refractivity (Wildman–Crippen MR) is 89.7 cm³/mol. The molecule has 1 N–H and O–H groups in total. The van der Waals surface area contributed by atoms with Crippen molar-refractivity contribution in [1.29, 1.82) is 0 Å². The molecule has 2 aromatic rings. The first-order valence-corrected chi connectivity index (χ1v) is 7.71. The van der Waals surface area contributed by atoms with E-state index in [0.717, 1.165) is 5.56 Å². The summed E-state index contributed by atoms with van der Waals surface area (Å²) in [5.41, 5.74) is 1.68. The van der Waals surface area contributed by atoms with Gasteiger partial charge in [-0.15, -0.1) is 0 Å². The van der Waals surface area contributed by atoms with Crippen molar-refractivity contribution >= 4 is 27.7 Å². The van der Waals surface area contributed by atoms with Crippen molar-refractivity contribution in [2.45, 2.75) is 6.54 Å². The quantitative estimate of drug-likeness (QED) is 0.887. The van der Waals surface area contributed by atoms with Crippen LogP contribution in [0.25, 0.3) is 0 Å². The molecule has 2 aromatic carbocycles. The number of halogens is 2. The second kappa shape index (κ2) is 7.37. The number of rotatable bonds is 4. The molecule has 0 fully saturated rings. The summed E-state index contributed by atoms with van der Waals surface area (Å²) in [5, 5.41) is 2.72. The monoisotopic (exact) mass is 378 g/mol. The lowest BCUT2D eigenvalue weighted by Gasteiger charge is -2.11. The summed E-state index contributed by atoms with van der Waals surface area (Å²) in [6, 6.07) is 11.0. The van der Waals surface area contributed by atoms with Gasteiger partial charge in [0.15, 0.2) is 0 Å². The Hall–Kier alpha value is -2.21. The van der Waals surface area contributed by atoms with Crippen molar-refractivity contribution in [3.05, 3.63) is 69.4 Å². The molecule has 23 heavy (non-hydrogen) atoms. The van der Waals surface area contributed by atoms with Crippen LogP contribution in [0.3, 0.4) is 0 Å². The fourth-order valence-electron chi connectivity index (χ4n) is 1.99. The fourth-order valence-corrected chi connectivity index (χ4v) is 2.46. The second-order valence-corrected chi connectivity index (χ2v) is 6.15. The number of benzene rings is 2. The normalized spacial score (nSPS) is 10.3. The summed E-state index contributed by atoms with van der Waals surface area (Å²) in [4.78, 5) is 25.3. The van der Waals surface area contributed by atoms with Gasteiger partial charge < -0.3 is 10.2 Å². The summed E-state index contributed by atoms with van der Waals surface area (Å²) >= 11 is 3.15. The maximum Gasteiger partial charge on any atom is 0.253 e. The molecule has 0 aliphatic rings. The molecule has 0 bridgehead atoms. The molecule has 4 nitrogen and oxygen atoms in total. The zero-order valence-corrected chi connectivity index (χ0v) is 14.4. The number of carbonyl (C=O) groups is 2. The smallest absolute Gasteiger partial charge is 0.253 e. The molecule has 0 saturated heterocycles. The van der Waals surface area contributed by atoms with E-state index in [9.17, 15) is 14.0 Å². The SMILES string of the molecule is CN(C)C(=O)c1ccc(CNC(=O)c2cc(F)cc(Br)c2)cc1. The Bertz CT molecular complexity index is 710. The topological polar surface area (TPSA) is 49.4 Å². The summed E-state index contributed by atoms with van der Waals surface area (Å²) in [6.07, 6.45) is 0. The maximum atomic E-state index is 13.3. The van der Waals surface area contributed by atoms with Crippen molar-refractivity contribution in [3.8, 4) is 0 Å². The Morgan fingerprint density at radius 3 is 2.30 bits per heavy atom. The molecule has 0 heterocycles. The van der Waals surface area contributed by atoms with Gasteiger partial charge in [-0.3, -0.25) is 9.59 Å². The summed E-state index contributed by atoms with van der Waals surface area (Å²) < 4.78 is 13.8. The van der Waals surface area contributed by atoms with E-state index in [1.165, 1.54) is 17.0 Å². The van der Waals surface area contributed by atoms with Gasteiger partial charge in [-0.1, -0.05) is 28.1 Å². The minimum atomic E-state index is -0.476. The Morgan fingerprint density at radius 1 is 1.09 bits per heavy atom. The van der Waals surface area contributed by atoms with Crippen molar-refractivity contribution in [3.63, 3.8) is 0 Å². The minimum absolute atomic E-state index is 0.0785. The zero-order valence-electron chi connectivity index (χ0n) is 12.8. The summed E-state index contributed by atoms with van der Waals surface area (Å²) in [6.45, 7) is 0.295. The highest BCUT2D eigenvalue weighted by Gasteiger charge is 2.09. The van der Waals surface area contributed by atoms with E-state index in [0.29, 0.717) is 16.6 Å². The highest BCUT2D eigenvalue weighted by atomic mass is 79.9. The summed E-state index contributed by atoms with van der Waals surface area (Å²) in [5.74, 6) is -0.917. The van der Waals surface area contributed by atoms with Gasteiger partial charge in [0.25, 0.3) is 11.8 Å². The van der Waals surface area contributed by atoms with E-state index in [4.69, 9.17) is 0 Å². The molecule has 2 amide bonds. The largest absolute Gasteiger partial charge is 0.348 e. The van der Waals surface area contributed by atoms with Crippen LogP contribution >= 0.6 is 15.9 Å². The van der Waals surface area contributed by atoms with E-state index in [1.54, 1.807) is 44.4 Å². The Labute approximate surface area is 142 Å². The number of carbonyl (C=O) groups excluding carboxylic acids is 2. The van der Waals surface area contributed by atoms with Crippen LogP contribution in [0.2, 0.25) is 0 Å². The molecule has 0 atom stereocenters. The lowest BCUT2D eigenvalue weighted by Crippen LogP contribution is -2.23. The predicted octanol–water partition coefficient (Wildman–Crippen LogP) is 3.22. The number of hydrogen-bond donors (Lipinski definition) is 1.